The third-order valence-electron chi connectivity index (χ3n) is 2.95. The van der Waals surface area contributed by atoms with Crippen LogP contribution >= 0.6 is 0 Å². The molecule has 94 valence electrons. The molecule has 0 fully saturated rings. The second-order valence-electron chi connectivity index (χ2n) is 4.27. The molecular formula is C15H15F2N. The van der Waals surface area contributed by atoms with Gasteiger partial charge in [0, 0.05) is 5.56 Å². The predicted octanol–water partition coefficient (Wildman–Crippen LogP) is 3.58. The monoisotopic (exact) mass is 247 g/mol. The van der Waals surface area contributed by atoms with Crippen LogP contribution in [0.5, 0.6) is 0 Å². The summed E-state index contributed by atoms with van der Waals surface area (Å²) in [5.74, 6) is -1.06. The van der Waals surface area contributed by atoms with E-state index in [9.17, 15) is 8.78 Å². The maximum atomic E-state index is 13.8. The van der Waals surface area contributed by atoms with E-state index >= 15 is 0 Å². The normalized spacial score (nSPS) is 12.4. The second kappa shape index (κ2) is 5.27. The molecule has 0 aliphatic heterocycles. The van der Waals surface area contributed by atoms with Crippen molar-refractivity contribution in [3.8, 4) is 0 Å². The molecule has 0 aliphatic carbocycles. The van der Waals surface area contributed by atoms with E-state index < -0.39 is 17.7 Å². The molecule has 0 spiro atoms. The maximum absolute atomic E-state index is 13.8. The first-order chi connectivity index (χ1) is 8.63. The average molecular weight is 247 g/mol. The van der Waals surface area contributed by atoms with E-state index in [4.69, 9.17) is 0 Å². The van der Waals surface area contributed by atoms with Crippen LogP contribution in [0.25, 0.3) is 0 Å². The average Bonchev–Trinajstić information content (AvgIpc) is 2.34. The summed E-state index contributed by atoms with van der Waals surface area (Å²) >= 11 is 0. The Labute approximate surface area is 105 Å². The van der Waals surface area contributed by atoms with E-state index in [1.807, 2.05) is 31.2 Å². The van der Waals surface area contributed by atoms with Crippen LogP contribution in [0.3, 0.4) is 0 Å². The Morgan fingerprint density at radius 3 is 2.17 bits per heavy atom. The van der Waals surface area contributed by atoms with E-state index in [0.29, 0.717) is 0 Å². The highest BCUT2D eigenvalue weighted by Gasteiger charge is 2.20. The first-order valence-electron chi connectivity index (χ1n) is 5.81. The number of hydrogen-bond donors (Lipinski definition) is 1. The molecule has 0 aromatic heterocycles. The van der Waals surface area contributed by atoms with Crippen LogP contribution < -0.4 is 5.32 Å². The van der Waals surface area contributed by atoms with E-state index in [2.05, 4.69) is 5.32 Å². The van der Waals surface area contributed by atoms with Crippen molar-refractivity contribution in [1.82, 2.24) is 5.32 Å². The molecule has 0 aliphatic rings. The highest BCUT2D eigenvalue weighted by molar-refractivity contribution is 5.35. The van der Waals surface area contributed by atoms with E-state index in [0.717, 1.165) is 11.1 Å². The quantitative estimate of drug-likeness (QED) is 0.874. The van der Waals surface area contributed by atoms with Gasteiger partial charge in [-0.15, -0.1) is 0 Å². The lowest BCUT2D eigenvalue weighted by Crippen LogP contribution is -2.20. The number of halogens is 2. The zero-order chi connectivity index (χ0) is 13.1. The molecule has 0 saturated carbocycles. The summed E-state index contributed by atoms with van der Waals surface area (Å²) in [6.07, 6.45) is 0. The summed E-state index contributed by atoms with van der Waals surface area (Å²) in [6, 6.07) is 11.1. The van der Waals surface area contributed by atoms with Crippen LogP contribution in [0.15, 0.2) is 42.5 Å². The van der Waals surface area contributed by atoms with Gasteiger partial charge in [0.15, 0.2) is 0 Å². The molecule has 0 saturated heterocycles. The van der Waals surface area contributed by atoms with Gasteiger partial charge >= 0.3 is 0 Å². The number of benzene rings is 2. The summed E-state index contributed by atoms with van der Waals surface area (Å²) in [5.41, 5.74) is 1.97. The lowest BCUT2D eigenvalue weighted by Gasteiger charge is -2.19. The molecular weight excluding hydrogens is 232 g/mol. The number of hydrogen-bond acceptors (Lipinski definition) is 1. The van der Waals surface area contributed by atoms with Gasteiger partial charge in [0.05, 0.1) is 6.04 Å². The van der Waals surface area contributed by atoms with Gasteiger partial charge in [0.25, 0.3) is 0 Å². The van der Waals surface area contributed by atoms with Crippen LogP contribution in [-0.4, -0.2) is 7.05 Å². The lowest BCUT2D eigenvalue weighted by atomic mass is 9.96. The van der Waals surface area contributed by atoms with Gasteiger partial charge in [-0.2, -0.15) is 0 Å². The van der Waals surface area contributed by atoms with E-state index in [1.54, 1.807) is 7.05 Å². The molecule has 3 heteroatoms. The van der Waals surface area contributed by atoms with E-state index in [1.165, 1.54) is 18.2 Å². The number of aryl methyl sites for hydroxylation is 1. The molecule has 1 unspecified atom stereocenters. The van der Waals surface area contributed by atoms with Crippen LogP contribution in [-0.2, 0) is 0 Å². The Balaban J connectivity index is 2.52. The van der Waals surface area contributed by atoms with Crippen LogP contribution in [0.2, 0.25) is 0 Å². The molecule has 2 rings (SSSR count). The summed E-state index contributed by atoms with van der Waals surface area (Å²) < 4.78 is 27.6. The molecule has 0 bridgehead atoms. The maximum Gasteiger partial charge on any atom is 0.131 e. The Bertz CT molecular complexity index is 532. The van der Waals surface area contributed by atoms with Gasteiger partial charge in [-0.1, -0.05) is 35.9 Å². The summed E-state index contributed by atoms with van der Waals surface area (Å²) in [7, 11) is 1.69. The minimum atomic E-state index is -0.532. The van der Waals surface area contributed by atoms with Crippen molar-refractivity contribution in [3.63, 3.8) is 0 Å². The SMILES string of the molecule is CNC(c1cccc(C)c1)c1c(F)cccc1F. The standard InChI is InChI=1S/C15H15F2N/c1-10-5-3-6-11(9-10)15(18-2)14-12(16)7-4-8-13(14)17/h3-9,15,18H,1-2H3. The van der Waals surface area contributed by atoms with Crippen molar-refractivity contribution in [2.24, 2.45) is 0 Å². The predicted molar refractivity (Wildman–Crippen MR) is 68.4 cm³/mol. The topological polar surface area (TPSA) is 12.0 Å². The fourth-order valence-corrected chi connectivity index (χ4v) is 2.11. The van der Waals surface area contributed by atoms with Gasteiger partial charge in [0.2, 0.25) is 0 Å². The molecule has 2 aromatic rings. The highest BCUT2D eigenvalue weighted by atomic mass is 19.1. The van der Waals surface area contributed by atoms with Crippen molar-refractivity contribution >= 4 is 0 Å². The third-order valence-corrected chi connectivity index (χ3v) is 2.95. The molecule has 0 heterocycles. The zero-order valence-corrected chi connectivity index (χ0v) is 10.4. The van der Waals surface area contributed by atoms with Crippen molar-refractivity contribution in [2.45, 2.75) is 13.0 Å². The number of nitrogens with one attached hydrogen (secondary N) is 1. The van der Waals surface area contributed by atoms with Gasteiger partial charge < -0.3 is 5.32 Å². The van der Waals surface area contributed by atoms with Crippen molar-refractivity contribution < 1.29 is 8.78 Å². The Hall–Kier alpha value is -1.74. The highest BCUT2D eigenvalue weighted by Crippen LogP contribution is 2.27. The van der Waals surface area contributed by atoms with Gasteiger partial charge in [-0.25, -0.2) is 8.78 Å². The smallest absolute Gasteiger partial charge is 0.131 e. The first kappa shape index (κ1) is 12.7. The zero-order valence-electron chi connectivity index (χ0n) is 10.4. The Kier molecular flexibility index (Phi) is 3.72. The Morgan fingerprint density at radius 1 is 1.00 bits per heavy atom. The lowest BCUT2D eigenvalue weighted by molar-refractivity contribution is 0.522. The van der Waals surface area contributed by atoms with Crippen LogP contribution in [0.4, 0.5) is 8.78 Å². The Morgan fingerprint density at radius 2 is 1.61 bits per heavy atom. The molecule has 0 radical (unpaired) electrons. The summed E-state index contributed by atoms with van der Waals surface area (Å²) in [4.78, 5) is 0. The summed E-state index contributed by atoms with van der Waals surface area (Å²) in [5, 5.41) is 2.96. The molecule has 18 heavy (non-hydrogen) atoms. The van der Waals surface area contributed by atoms with Crippen molar-refractivity contribution in [1.29, 1.82) is 0 Å². The first-order valence-corrected chi connectivity index (χ1v) is 5.81. The van der Waals surface area contributed by atoms with Crippen LogP contribution in [0, 0.1) is 18.6 Å². The minimum absolute atomic E-state index is 0.0607. The fraction of sp³-hybridized carbons (Fsp3) is 0.200. The molecule has 1 atom stereocenters. The molecule has 1 N–H and O–H groups in total. The van der Waals surface area contributed by atoms with Crippen molar-refractivity contribution in [3.05, 3.63) is 70.8 Å². The third kappa shape index (κ3) is 2.41. The number of rotatable bonds is 3. The van der Waals surface area contributed by atoms with E-state index in [-0.39, 0.29) is 5.56 Å². The van der Waals surface area contributed by atoms with Crippen molar-refractivity contribution in [2.75, 3.05) is 7.05 Å². The molecule has 0 amide bonds. The fourth-order valence-electron chi connectivity index (χ4n) is 2.11. The van der Waals surface area contributed by atoms with Gasteiger partial charge in [-0.05, 0) is 31.7 Å². The van der Waals surface area contributed by atoms with Gasteiger partial charge in [0.1, 0.15) is 11.6 Å². The molecule has 1 nitrogen and oxygen atoms in total. The van der Waals surface area contributed by atoms with Crippen LogP contribution in [0.1, 0.15) is 22.7 Å². The van der Waals surface area contributed by atoms with Gasteiger partial charge in [-0.3, -0.25) is 0 Å². The summed E-state index contributed by atoms with van der Waals surface area (Å²) in [6.45, 7) is 1.95. The minimum Gasteiger partial charge on any atom is -0.309 e. The second-order valence-corrected chi connectivity index (χ2v) is 4.27. The molecule has 2 aromatic carbocycles. The largest absolute Gasteiger partial charge is 0.309 e.